The molecule has 0 unspecified atom stereocenters. The van der Waals surface area contributed by atoms with Gasteiger partial charge in [0.1, 0.15) is 11.4 Å². The summed E-state index contributed by atoms with van der Waals surface area (Å²) in [5.41, 5.74) is 3.46. The van der Waals surface area contributed by atoms with Crippen LogP contribution in [0.1, 0.15) is 29.4 Å². The zero-order valence-corrected chi connectivity index (χ0v) is 11.3. The fourth-order valence-corrected chi connectivity index (χ4v) is 2.35. The van der Waals surface area contributed by atoms with Crippen molar-refractivity contribution < 1.29 is 4.79 Å². The zero-order valence-electron chi connectivity index (χ0n) is 11.3. The summed E-state index contributed by atoms with van der Waals surface area (Å²) < 4.78 is 1.71. The second-order valence-corrected chi connectivity index (χ2v) is 4.70. The molecule has 2 heterocycles. The molecule has 0 atom stereocenters. The van der Waals surface area contributed by atoms with Gasteiger partial charge in [0, 0.05) is 18.0 Å². The highest BCUT2D eigenvalue weighted by Crippen LogP contribution is 2.23. The van der Waals surface area contributed by atoms with E-state index in [2.05, 4.69) is 29.0 Å². The minimum Gasteiger partial charge on any atom is -0.296 e. The Kier molecular flexibility index (Phi) is 3.29. The maximum Gasteiger partial charge on any atom is 0.234 e. The lowest BCUT2D eigenvalue weighted by molar-refractivity contribution is 0.111. The maximum absolute atomic E-state index is 11.4. The first-order valence-electron chi connectivity index (χ1n) is 6.71. The van der Waals surface area contributed by atoms with Gasteiger partial charge in [-0.15, -0.1) is 0 Å². The summed E-state index contributed by atoms with van der Waals surface area (Å²) >= 11 is 0. The Morgan fingerprint density at radius 1 is 1.25 bits per heavy atom. The molecule has 0 saturated carbocycles. The molecule has 100 valence electrons. The molecule has 3 aromatic rings. The van der Waals surface area contributed by atoms with Crippen LogP contribution in [-0.2, 0) is 6.42 Å². The second-order valence-electron chi connectivity index (χ2n) is 4.70. The van der Waals surface area contributed by atoms with Gasteiger partial charge in [-0.2, -0.15) is 0 Å². The summed E-state index contributed by atoms with van der Waals surface area (Å²) in [6.07, 6.45) is 6.49. The van der Waals surface area contributed by atoms with Gasteiger partial charge in [-0.1, -0.05) is 37.6 Å². The number of imidazole rings is 1. The van der Waals surface area contributed by atoms with Crippen LogP contribution in [0.25, 0.3) is 17.0 Å². The average Bonchev–Trinajstić information content (AvgIpc) is 2.87. The number of nitrogens with zero attached hydrogens (tertiary/aromatic N) is 3. The molecule has 1 aromatic carbocycles. The number of hydrogen-bond donors (Lipinski definition) is 0. The smallest absolute Gasteiger partial charge is 0.234 e. The van der Waals surface area contributed by atoms with Crippen LogP contribution in [0.3, 0.4) is 0 Å². The summed E-state index contributed by atoms with van der Waals surface area (Å²) in [6, 6.07) is 9.99. The number of carbonyl (C=O) groups is 1. The molecule has 0 saturated heterocycles. The van der Waals surface area contributed by atoms with Crippen molar-refractivity contribution in [3.05, 3.63) is 54.0 Å². The molecule has 0 radical (unpaired) electrons. The summed E-state index contributed by atoms with van der Waals surface area (Å²) in [4.78, 5) is 20.0. The van der Waals surface area contributed by atoms with Gasteiger partial charge in [0.2, 0.25) is 5.78 Å². The Balaban J connectivity index is 2.11. The standard InChI is InChI=1S/C16H15N3O/c1-2-4-12-5-7-13(8-6-12)15-14(11-20)19-10-3-9-17-16(19)18-15/h3,5-11H,2,4H2,1H3. The summed E-state index contributed by atoms with van der Waals surface area (Å²) in [5, 5.41) is 0. The van der Waals surface area contributed by atoms with E-state index in [9.17, 15) is 4.79 Å². The Bertz CT molecular complexity index is 744. The number of benzene rings is 1. The fraction of sp³-hybridized carbons (Fsp3) is 0.188. The van der Waals surface area contributed by atoms with E-state index in [1.165, 1.54) is 5.56 Å². The molecule has 4 nitrogen and oxygen atoms in total. The number of rotatable bonds is 4. The van der Waals surface area contributed by atoms with Crippen LogP contribution in [0.5, 0.6) is 0 Å². The van der Waals surface area contributed by atoms with Crippen molar-refractivity contribution in [1.29, 1.82) is 0 Å². The molecule has 0 aliphatic rings. The second kappa shape index (κ2) is 5.25. The molecule has 0 spiro atoms. The normalized spacial score (nSPS) is 10.8. The predicted octanol–water partition coefficient (Wildman–Crippen LogP) is 3.16. The summed E-state index contributed by atoms with van der Waals surface area (Å²) in [5.74, 6) is 0.544. The molecule has 0 aliphatic heterocycles. The van der Waals surface area contributed by atoms with Crippen molar-refractivity contribution in [3.8, 4) is 11.3 Å². The van der Waals surface area contributed by atoms with Gasteiger partial charge < -0.3 is 0 Å². The van der Waals surface area contributed by atoms with Crippen LogP contribution < -0.4 is 0 Å². The van der Waals surface area contributed by atoms with Gasteiger partial charge in [-0.25, -0.2) is 9.97 Å². The molecular formula is C16H15N3O. The molecule has 0 bridgehead atoms. The van der Waals surface area contributed by atoms with E-state index in [1.807, 2.05) is 12.1 Å². The first-order chi connectivity index (χ1) is 9.83. The van der Waals surface area contributed by atoms with E-state index in [-0.39, 0.29) is 0 Å². The molecule has 4 heteroatoms. The molecule has 20 heavy (non-hydrogen) atoms. The largest absolute Gasteiger partial charge is 0.296 e. The number of aromatic nitrogens is 3. The van der Waals surface area contributed by atoms with Gasteiger partial charge in [-0.05, 0) is 18.1 Å². The Morgan fingerprint density at radius 3 is 2.75 bits per heavy atom. The van der Waals surface area contributed by atoms with E-state index < -0.39 is 0 Å². The van der Waals surface area contributed by atoms with Gasteiger partial charge in [-0.3, -0.25) is 9.20 Å². The third kappa shape index (κ3) is 2.09. The quantitative estimate of drug-likeness (QED) is 0.681. The van der Waals surface area contributed by atoms with Crippen LogP contribution in [0.2, 0.25) is 0 Å². The summed E-state index contributed by atoms with van der Waals surface area (Å²) in [7, 11) is 0. The van der Waals surface area contributed by atoms with Crippen LogP contribution in [0.4, 0.5) is 0 Å². The van der Waals surface area contributed by atoms with Crippen molar-refractivity contribution >= 4 is 12.1 Å². The Morgan fingerprint density at radius 2 is 2.05 bits per heavy atom. The first kappa shape index (κ1) is 12.5. The van der Waals surface area contributed by atoms with Crippen molar-refractivity contribution in [1.82, 2.24) is 14.4 Å². The van der Waals surface area contributed by atoms with Crippen molar-refractivity contribution in [2.24, 2.45) is 0 Å². The number of aryl methyl sites for hydroxylation is 1. The first-order valence-corrected chi connectivity index (χ1v) is 6.71. The maximum atomic E-state index is 11.4. The van der Waals surface area contributed by atoms with Crippen molar-refractivity contribution in [2.75, 3.05) is 0 Å². The lowest BCUT2D eigenvalue weighted by Gasteiger charge is -2.01. The zero-order chi connectivity index (χ0) is 13.9. The van der Waals surface area contributed by atoms with Crippen LogP contribution in [0.15, 0.2) is 42.7 Å². The van der Waals surface area contributed by atoms with Gasteiger partial charge in [0.15, 0.2) is 6.29 Å². The van der Waals surface area contributed by atoms with Crippen molar-refractivity contribution in [3.63, 3.8) is 0 Å². The van der Waals surface area contributed by atoms with Crippen LogP contribution in [-0.4, -0.2) is 20.7 Å². The van der Waals surface area contributed by atoms with E-state index in [0.717, 1.165) is 24.7 Å². The molecule has 0 N–H and O–H groups in total. The number of carbonyl (C=O) groups excluding carboxylic acids is 1. The van der Waals surface area contributed by atoms with Crippen LogP contribution >= 0.6 is 0 Å². The fourth-order valence-electron chi connectivity index (χ4n) is 2.35. The number of fused-ring (bicyclic) bond motifs is 1. The molecule has 3 rings (SSSR count). The number of aldehydes is 1. The van der Waals surface area contributed by atoms with E-state index in [4.69, 9.17) is 0 Å². The minimum atomic E-state index is 0.538. The third-order valence-electron chi connectivity index (χ3n) is 3.32. The van der Waals surface area contributed by atoms with Gasteiger partial charge in [0.25, 0.3) is 0 Å². The number of hydrogen-bond acceptors (Lipinski definition) is 3. The molecule has 0 aliphatic carbocycles. The van der Waals surface area contributed by atoms with Gasteiger partial charge >= 0.3 is 0 Å². The molecular weight excluding hydrogens is 250 g/mol. The van der Waals surface area contributed by atoms with Gasteiger partial charge in [0.05, 0.1) is 0 Å². The SMILES string of the molecule is CCCc1ccc(-c2nc3ncccn3c2C=O)cc1. The van der Waals surface area contributed by atoms with E-state index in [0.29, 0.717) is 17.2 Å². The van der Waals surface area contributed by atoms with E-state index in [1.54, 1.807) is 22.9 Å². The molecule has 2 aromatic heterocycles. The van der Waals surface area contributed by atoms with E-state index >= 15 is 0 Å². The van der Waals surface area contributed by atoms with Crippen molar-refractivity contribution in [2.45, 2.75) is 19.8 Å². The molecule has 0 amide bonds. The topological polar surface area (TPSA) is 47.3 Å². The molecule has 0 fully saturated rings. The highest BCUT2D eigenvalue weighted by atomic mass is 16.1. The Labute approximate surface area is 117 Å². The minimum absolute atomic E-state index is 0.538. The lowest BCUT2D eigenvalue weighted by atomic mass is 10.1. The highest BCUT2D eigenvalue weighted by Gasteiger charge is 2.13. The Hall–Kier alpha value is -2.49. The summed E-state index contributed by atoms with van der Waals surface area (Å²) in [6.45, 7) is 2.16. The average molecular weight is 265 g/mol. The lowest BCUT2D eigenvalue weighted by Crippen LogP contribution is -1.93. The predicted molar refractivity (Wildman–Crippen MR) is 77.8 cm³/mol. The highest BCUT2D eigenvalue weighted by molar-refractivity contribution is 5.85. The van der Waals surface area contributed by atoms with Crippen LogP contribution in [0, 0.1) is 0 Å². The monoisotopic (exact) mass is 265 g/mol. The third-order valence-corrected chi connectivity index (χ3v) is 3.32.